The Hall–Kier alpha value is -1.63. The van der Waals surface area contributed by atoms with E-state index < -0.39 is 16.7 Å². The van der Waals surface area contributed by atoms with Crippen molar-refractivity contribution >= 4 is 23.7 Å². The van der Waals surface area contributed by atoms with Gasteiger partial charge < -0.3 is 9.84 Å². The Morgan fingerprint density at radius 1 is 1.47 bits per heavy atom. The number of carbonyl (C=O) groups excluding carboxylic acids is 1. The molecule has 1 aromatic heterocycles. The first-order valence-corrected chi connectivity index (χ1v) is 5.52. The Morgan fingerprint density at radius 3 is 2.65 bits per heavy atom. The van der Waals surface area contributed by atoms with Crippen LogP contribution in [0.1, 0.15) is 24.5 Å². The average Bonchev–Trinajstić information content (AvgIpc) is 2.27. The van der Waals surface area contributed by atoms with Crippen molar-refractivity contribution in [2.45, 2.75) is 23.6 Å². The summed E-state index contributed by atoms with van der Waals surface area (Å²) in [6.45, 7) is 3.11. The van der Waals surface area contributed by atoms with Crippen molar-refractivity contribution in [2.24, 2.45) is 0 Å². The molecule has 0 fully saturated rings. The number of hydrogen-bond acceptors (Lipinski definition) is 6. The highest BCUT2D eigenvalue weighted by molar-refractivity contribution is 8.01. The Balaban J connectivity index is 2.93. The van der Waals surface area contributed by atoms with Crippen LogP contribution in [0.3, 0.4) is 0 Å². The fourth-order valence-electron chi connectivity index (χ4n) is 0.894. The Kier molecular flexibility index (Phi) is 4.06. The van der Waals surface area contributed by atoms with Gasteiger partial charge in [-0.1, -0.05) is 11.8 Å². The van der Waals surface area contributed by atoms with Gasteiger partial charge in [0.1, 0.15) is 9.77 Å². The summed E-state index contributed by atoms with van der Waals surface area (Å²) in [5, 5.41) is 9.38. The van der Waals surface area contributed by atoms with E-state index in [2.05, 4.69) is 14.7 Å². The minimum atomic E-state index is -1.03. The molecule has 0 aliphatic heterocycles. The van der Waals surface area contributed by atoms with E-state index in [9.17, 15) is 9.59 Å². The molecule has 7 heteroatoms. The molecule has 0 amide bonds. The lowest BCUT2D eigenvalue weighted by atomic mass is 10.2. The number of ether oxygens (including phenoxy) is 1. The fourth-order valence-corrected chi connectivity index (χ4v) is 1.76. The first kappa shape index (κ1) is 13.4. The fraction of sp³-hybridized carbons (Fsp3) is 0.400. The van der Waals surface area contributed by atoms with Crippen molar-refractivity contribution in [3.8, 4) is 0 Å². The summed E-state index contributed by atoms with van der Waals surface area (Å²) in [7, 11) is 1.23. The molecule has 0 atom stereocenters. The topological polar surface area (TPSA) is 89.4 Å². The van der Waals surface area contributed by atoms with E-state index in [0.29, 0.717) is 5.03 Å². The lowest BCUT2D eigenvalue weighted by Gasteiger charge is -2.17. The van der Waals surface area contributed by atoms with E-state index in [-0.39, 0.29) is 5.82 Å². The first-order valence-electron chi connectivity index (χ1n) is 4.70. The smallest absolute Gasteiger partial charge is 0.376 e. The van der Waals surface area contributed by atoms with Crippen molar-refractivity contribution < 1.29 is 19.4 Å². The molecule has 17 heavy (non-hydrogen) atoms. The number of rotatable bonds is 4. The lowest BCUT2D eigenvalue weighted by Crippen LogP contribution is -2.27. The summed E-state index contributed by atoms with van der Waals surface area (Å²) in [6, 6.07) is 1.54. The Labute approximate surface area is 102 Å². The molecule has 0 aromatic carbocycles. The van der Waals surface area contributed by atoms with E-state index in [4.69, 9.17) is 5.11 Å². The Morgan fingerprint density at radius 2 is 2.12 bits per heavy atom. The monoisotopic (exact) mass is 256 g/mol. The van der Waals surface area contributed by atoms with Crippen molar-refractivity contribution in [2.75, 3.05) is 7.11 Å². The van der Waals surface area contributed by atoms with Crippen molar-refractivity contribution in [1.82, 2.24) is 9.97 Å². The largest absolute Gasteiger partial charge is 0.480 e. The maximum atomic E-state index is 11.2. The summed E-state index contributed by atoms with van der Waals surface area (Å²) in [4.78, 5) is 29.8. The number of aromatic nitrogens is 2. The summed E-state index contributed by atoms with van der Waals surface area (Å²) >= 11 is 1.04. The van der Waals surface area contributed by atoms with Gasteiger partial charge in [-0.05, 0) is 19.9 Å². The van der Waals surface area contributed by atoms with Gasteiger partial charge in [0.05, 0.1) is 7.11 Å². The molecular formula is C10H12N2O4S. The minimum absolute atomic E-state index is 0.0845. The zero-order valence-corrected chi connectivity index (χ0v) is 10.4. The van der Waals surface area contributed by atoms with Gasteiger partial charge in [0.2, 0.25) is 5.82 Å². The standard InChI is InChI=1S/C10H12N2O4S/c1-10(2,9(14)15)17-6-4-5-11-7(12-6)8(13)16-3/h4-5H,1-3H3,(H,14,15). The third-order valence-corrected chi connectivity index (χ3v) is 2.99. The van der Waals surface area contributed by atoms with Gasteiger partial charge >= 0.3 is 11.9 Å². The molecule has 0 spiro atoms. The number of carboxylic acid groups (broad SMARTS) is 1. The van der Waals surface area contributed by atoms with Crippen LogP contribution in [0.5, 0.6) is 0 Å². The van der Waals surface area contributed by atoms with Crippen LogP contribution < -0.4 is 0 Å². The number of hydrogen-bond donors (Lipinski definition) is 1. The predicted molar refractivity (Wildman–Crippen MR) is 60.9 cm³/mol. The third-order valence-electron chi connectivity index (χ3n) is 1.87. The first-order chi connectivity index (χ1) is 7.86. The highest BCUT2D eigenvalue weighted by Gasteiger charge is 2.29. The van der Waals surface area contributed by atoms with Crippen LogP contribution in [-0.2, 0) is 9.53 Å². The molecule has 1 rings (SSSR count). The van der Waals surface area contributed by atoms with Crippen LogP contribution in [0.4, 0.5) is 0 Å². The number of carboxylic acids is 1. The zero-order valence-electron chi connectivity index (χ0n) is 9.63. The quantitative estimate of drug-likeness (QED) is 0.492. The number of thioether (sulfide) groups is 1. The Bertz CT molecular complexity index is 448. The maximum Gasteiger partial charge on any atom is 0.376 e. The van der Waals surface area contributed by atoms with E-state index in [0.717, 1.165) is 11.8 Å². The van der Waals surface area contributed by atoms with E-state index in [1.54, 1.807) is 19.9 Å². The third kappa shape index (κ3) is 3.42. The molecule has 0 aliphatic carbocycles. The zero-order chi connectivity index (χ0) is 13.1. The van der Waals surface area contributed by atoms with Gasteiger partial charge in [-0.15, -0.1) is 0 Å². The maximum absolute atomic E-state index is 11.2. The average molecular weight is 256 g/mol. The summed E-state index contributed by atoms with van der Waals surface area (Å²) in [5.41, 5.74) is 0. The van der Waals surface area contributed by atoms with Gasteiger partial charge in [-0.2, -0.15) is 0 Å². The van der Waals surface area contributed by atoms with Crippen LogP contribution in [0.2, 0.25) is 0 Å². The van der Waals surface area contributed by atoms with Gasteiger partial charge in [-0.3, -0.25) is 4.79 Å². The second-order valence-corrected chi connectivity index (χ2v) is 5.27. The van der Waals surface area contributed by atoms with Crippen LogP contribution in [-0.4, -0.2) is 38.9 Å². The second-order valence-electron chi connectivity index (χ2n) is 3.63. The SMILES string of the molecule is COC(=O)c1nccc(SC(C)(C)C(=O)O)n1. The normalized spacial score (nSPS) is 11.0. The molecule has 0 unspecified atom stereocenters. The van der Waals surface area contributed by atoms with E-state index in [1.807, 2.05) is 0 Å². The van der Waals surface area contributed by atoms with Gasteiger partial charge in [0.25, 0.3) is 0 Å². The van der Waals surface area contributed by atoms with Crippen LogP contribution in [0.15, 0.2) is 17.3 Å². The number of aliphatic carboxylic acids is 1. The van der Waals surface area contributed by atoms with Crippen molar-refractivity contribution in [3.63, 3.8) is 0 Å². The molecule has 0 saturated heterocycles. The summed E-state index contributed by atoms with van der Waals surface area (Å²) in [6.07, 6.45) is 1.39. The molecule has 0 bridgehead atoms. The minimum Gasteiger partial charge on any atom is -0.480 e. The molecule has 0 radical (unpaired) electrons. The van der Waals surface area contributed by atoms with E-state index >= 15 is 0 Å². The van der Waals surface area contributed by atoms with Crippen molar-refractivity contribution in [3.05, 3.63) is 18.1 Å². The molecule has 0 saturated carbocycles. The number of nitrogens with zero attached hydrogens (tertiary/aromatic N) is 2. The van der Waals surface area contributed by atoms with Crippen LogP contribution >= 0.6 is 11.8 Å². The summed E-state index contributed by atoms with van der Waals surface area (Å²) < 4.78 is 3.45. The van der Waals surface area contributed by atoms with Crippen LogP contribution in [0.25, 0.3) is 0 Å². The number of esters is 1. The van der Waals surface area contributed by atoms with E-state index in [1.165, 1.54) is 13.3 Å². The lowest BCUT2D eigenvalue weighted by molar-refractivity contribution is -0.138. The molecule has 0 aliphatic rings. The molecule has 6 nitrogen and oxygen atoms in total. The highest BCUT2D eigenvalue weighted by Crippen LogP contribution is 2.30. The molecular weight excluding hydrogens is 244 g/mol. The van der Waals surface area contributed by atoms with Crippen LogP contribution in [0, 0.1) is 0 Å². The number of carbonyl (C=O) groups is 2. The van der Waals surface area contributed by atoms with Crippen molar-refractivity contribution in [1.29, 1.82) is 0 Å². The number of methoxy groups -OCH3 is 1. The predicted octanol–water partition coefficient (Wildman–Crippen LogP) is 1.22. The molecule has 92 valence electrons. The van der Waals surface area contributed by atoms with Gasteiger partial charge in [-0.25, -0.2) is 14.8 Å². The highest BCUT2D eigenvalue weighted by atomic mass is 32.2. The molecule has 1 heterocycles. The van der Waals surface area contributed by atoms with Gasteiger partial charge in [0, 0.05) is 6.20 Å². The van der Waals surface area contributed by atoms with Gasteiger partial charge in [0.15, 0.2) is 0 Å². The molecule has 1 aromatic rings. The summed E-state index contributed by atoms with van der Waals surface area (Å²) in [5.74, 6) is -1.69. The molecule has 1 N–H and O–H groups in total. The second kappa shape index (κ2) is 5.13.